The topological polar surface area (TPSA) is 96.7 Å². The van der Waals surface area contributed by atoms with Crippen LogP contribution in [0.25, 0.3) is 11.0 Å². The zero-order chi connectivity index (χ0) is 19.5. The summed E-state index contributed by atoms with van der Waals surface area (Å²) in [4.78, 5) is 23.6. The van der Waals surface area contributed by atoms with Crippen molar-refractivity contribution in [2.45, 2.75) is 6.92 Å². The van der Waals surface area contributed by atoms with E-state index in [1.54, 1.807) is 12.3 Å². The van der Waals surface area contributed by atoms with E-state index in [2.05, 4.69) is 32.1 Å². The van der Waals surface area contributed by atoms with Crippen molar-refractivity contribution in [1.82, 2.24) is 15.0 Å². The summed E-state index contributed by atoms with van der Waals surface area (Å²) in [5.74, 6) is 6.41. The summed E-state index contributed by atoms with van der Waals surface area (Å²) >= 11 is 0. The predicted molar refractivity (Wildman–Crippen MR) is 110 cm³/mol. The summed E-state index contributed by atoms with van der Waals surface area (Å²) in [5.41, 5.74) is 10.4. The van der Waals surface area contributed by atoms with Crippen molar-refractivity contribution in [2.24, 2.45) is 0 Å². The van der Waals surface area contributed by atoms with Crippen LogP contribution in [0.5, 0.6) is 0 Å². The second kappa shape index (κ2) is 7.25. The van der Waals surface area contributed by atoms with Crippen molar-refractivity contribution in [3.05, 3.63) is 83.3 Å². The monoisotopic (exact) mass is 367 g/mol. The highest BCUT2D eigenvalue weighted by Crippen LogP contribution is 2.20. The summed E-state index contributed by atoms with van der Waals surface area (Å²) in [6.07, 6.45) is 3.16. The molecule has 0 aliphatic carbocycles. The molecule has 0 bridgehead atoms. The number of anilines is 2. The number of nitrogens with zero attached hydrogens (tertiary/aromatic N) is 2. The van der Waals surface area contributed by atoms with Crippen LogP contribution in [-0.2, 0) is 0 Å². The standard InChI is InChI=1S/C22H17N5O/c1-14-4-2-6-16(10-14)22(28)27-18-7-3-5-15(11-18)8-9-17-12-24-21-19(17)20(23)25-13-26-21/h2-7,10-13H,1H3,(H,27,28)(H3,23,24,25,26). The number of aromatic nitrogens is 3. The van der Waals surface area contributed by atoms with E-state index < -0.39 is 0 Å². The van der Waals surface area contributed by atoms with Crippen molar-refractivity contribution < 1.29 is 4.79 Å². The van der Waals surface area contributed by atoms with Gasteiger partial charge in [0.05, 0.1) is 10.9 Å². The minimum absolute atomic E-state index is 0.157. The Balaban J connectivity index is 1.58. The summed E-state index contributed by atoms with van der Waals surface area (Å²) < 4.78 is 0. The molecule has 4 N–H and O–H groups in total. The number of H-pyrrole nitrogens is 1. The van der Waals surface area contributed by atoms with Gasteiger partial charge in [0.25, 0.3) is 5.91 Å². The highest BCUT2D eigenvalue weighted by molar-refractivity contribution is 6.04. The van der Waals surface area contributed by atoms with E-state index in [0.29, 0.717) is 28.1 Å². The van der Waals surface area contributed by atoms with Gasteiger partial charge in [0.15, 0.2) is 0 Å². The Kier molecular flexibility index (Phi) is 4.48. The Morgan fingerprint density at radius 1 is 1.11 bits per heavy atom. The maximum Gasteiger partial charge on any atom is 0.255 e. The molecule has 0 fully saturated rings. The average Bonchev–Trinajstić information content (AvgIpc) is 3.11. The van der Waals surface area contributed by atoms with Crippen molar-refractivity contribution in [2.75, 3.05) is 11.1 Å². The Morgan fingerprint density at radius 2 is 1.96 bits per heavy atom. The molecule has 6 heteroatoms. The average molecular weight is 367 g/mol. The van der Waals surface area contributed by atoms with Gasteiger partial charge < -0.3 is 16.0 Å². The van der Waals surface area contributed by atoms with Crippen molar-refractivity contribution in [3.63, 3.8) is 0 Å². The molecule has 2 aromatic carbocycles. The van der Waals surface area contributed by atoms with Crippen LogP contribution in [0.4, 0.5) is 11.5 Å². The number of amides is 1. The first kappa shape index (κ1) is 17.3. The first-order valence-corrected chi connectivity index (χ1v) is 8.68. The number of carbonyl (C=O) groups is 1. The molecule has 1 amide bonds. The third-order valence-electron chi connectivity index (χ3n) is 4.24. The molecule has 4 aromatic rings. The molecule has 6 nitrogen and oxygen atoms in total. The predicted octanol–water partition coefficient (Wildman–Crippen LogP) is 3.50. The van der Waals surface area contributed by atoms with Gasteiger partial charge in [-0.05, 0) is 37.3 Å². The minimum Gasteiger partial charge on any atom is -0.383 e. The van der Waals surface area contributed by atoms with Crippen molar-refractivity contribution >= 4 is 28.4 Å². The normalized spacial score (nSPS) is 10.3. The van der Waals surface area contributed by atoms with E-state index in [1.165, 1.54) is 6.33 Å². The molecule has 0 atom stereocenters. The lowest BCUT2D eigenvalue weighted by molar-refractivity contribution is 0.102. The van der Waals surface area contributed by atoms with E-state index >= 15 is 0 Å². The fraction of sp³-hybridized carbons (Fsp3) is 0.0455. The number of carbonyl (C=O) groups excluding carboxylic acids is 1. The molecule has 0 spiro atoms. The van der Waals surface area contributed by atoms with Crippen LogP contribution >= 0.6 is 0 Å². The molecule has 0 saturated carbocycles. The molecule has 0 saturated heterocycles. The summed E-state index contributed by atoms with van der Waals surface area (Å²) in [5, 5.41) is 3.61. The second-order valence-corrected chi connectivity index (χ2v) is 6.34. The van der Waals surface area contributed by atoms with Crippen LogP contribution in [0.1, 0.15) is 27.0 Å². The molecule has 2 heterocycles. The summed E-state index contributed by atoms with van der Waals surface area (Å²) in [6.45, 7) is 1.95. The lowest BCUT2D eigenvalue weighted by atomic mass is 10.1. The second-order valence-electron chi connectivity index (χ2n) is 6.34. The van der Waals surface area contributed by atoms with Crippen LogP contribution in [0.15, 0.2) is 61.1 Å². The van der Waals surface area contributed by atoms with Gasteiger partial charge in [-0.15, -0.1) is 0 Å². The number of aryl methyl sites for hydroxylation is 1. The van der Waals surface area contributed by atoms with E-state index in [-0.39, 0.29) is 5.91 Å². The van der Waals surface area contributed by atoms with Gasteiger partial charge in [-0.2, -0.15) is 0 Å². The number of aromatic amines is 1. The fourth-order valence-electron chi connectivity index (χ4n) is 2.89. The van der Waals surface area contributed by atoms with Gasteiger partial charge in [0, 0.05) is 23.0 Å². The smallest absolute Gasteiger partial charge is 0.255 e. The molecule has 4 rings (SSSR count). The van der Waals surface area contributed by atoms with Gasteiger partial charge in [0.1, 0.15) is 17.8 Å². The Morgan fingerprint density at radius 3 is 2.82 bits per heavy atom. The Bertz CT molecular complexity index is 1250. The van der Waals surface area contributed by atoms with Crippen molar-refractivity contribution in [3.8, 4) is 11.8 Å². The number of nitrogen functional groups attached to an aromatic ring is 1. The van der Waals surface area contributed by atoms with E-state index in [0.717, 1.165) is 16.7 Å². The maximum absolute atomic E-state index is 12.4. The molecule has 0 aliphatic heterocycles. The van der Waals surface area contributed by atoms with Crippen LogP contribution in [0, 0.1) is 18.8 Å². The first-order chi connectivity index (χ1) is 13.6. The molecule has 0 radical (unpaired) electrons. The Labute approximate surface area is 161 Å². The van der Waals surface area contributed by atoms with Crippen LogP contribution in [0.3, 0.4) is 0 Å². The largest absolute Gasteiger partial charge is 0.383 e. The number of benzene rings is 2. The fourth-order valence-corrected chi connectivity index (χ4v) is 2.89. The first-order valence-electron chi connectivity index (χ1n) is 8.68. The highest BCUT2D eigenvalue weighted by Gasteiger charge is 2.08. The number of rotatable bonds is 2. The molecule has 0 unspecified atom stereocenters. The zero-order valence-electron chi connectivity index (χ0n) is 15.2. The number of nitrogens with one attached hydrogen (secondary N) is 2. The van der Waals surface area contributed by atoms with Crippen molar-refractivity contribution in [1.29, 1.82) is 0 Å². The van der Waals surface area contributed by atoms with Gasteiger partial charge in [0.2, 0.25) is 0 Å². The van der Waals surface area contributed by atoms with Gasteiger partial charge >= 0.3 is 0 Å². The SMILES string of the molecule is Cc1cccc(C(=O)Nc2cccc(C#Cc3c[nH]c4ncnc(N)c34)c2)c1. The minimum atomic E-state index is -0.157. The molecule has 0 aliphatic rings. The molecule has 136 valence electrons. The van der Waals surface area contributed by atoms with Crippen LogP contribution < -0.4 is 11.1 Å². The molecular weight excluding hydrogens is 350 g/mol. The van der Waals surface area contributed by atoms with Gasteiger partial charge in [-0.3, -0.25) is 4.79 Å². The third kappa shape index (κ3) is 3.55. The molecule has 2 aromatic heterocycles. The lowest BCUT2D eigenvalue weighted by Gasteiger charge is -2.06. The number of nitrogens with two attached hydrogens (primary N) is 1. The Hall–Kier alpha value is -4.11. The van der Waals surface area contributed by atoms with Gasteiger partial charge in [-0.1, -0.05) is 35.6 Å². The number of hydrogen-bond acceptors (Lipinski definition) is 4. The van der Waals surface area contributed by atoms with E-state index in [4.69, 9.17) is 5.73 Å². The molecule has 28 heavy (non-hydrogen) atoms. The third-order valence-corrected chi connectivity index (χ3v) is 4.24. The zero-order valence-corrected chi connectivity index (χ0v) is 15.2. The van der Waals surface area contributed by atoms with Gasteiger partial charge in [-0.25, -0.2) is 9.97 Å². The highest BCUT2D eigenvalue weighted by atomic mass is 16.1. The van der Waals surface area contributed by atoms with Crippen LogP contribution in [-0.4, -0.2) is 20.9 Å². The number of hydrogen-bond donors (Lipinski definition) is 3. The summed E-state index contributed by atoms with van der Waals surface area (Å²) in [7, 11) is 0. The number of fused-ring (bicyclic) bond motifs is 1. The quantitative estimate of drug-likeness (QED) is 0.472. The maximum atomic E-state index is 12.4. The lowest BCUT2D eigenvalue weighted by Crippen LogP contribution is -2.11. The van der Waals surface area contributed by atoms with E-state index in [1.807, 2.05) is 49.4 Å². The van der Waals surface area contributed by atoms with Crippen LogP contribution in [0.2, 0.25) is 0 Å². The summed E-state index contributed by atoms with van der Waals surface area (Å²) in [6, 6.07) is 14.8. The molecular formula is C22H17N5O. The van der Waals surface area contributed by atoms with E-state index in [9.17, 15) is 4.79 Å².